The number of hydrogen-bond acceptors (Lipinski definition) is 5. The minimum atomic E-state index is -4.21. The predicted octanol–water partition coefficient (Wildman–Crippen LogP) is 7.15. The Morgan fingerprint density at radius 2 is 1.29 bits per heavy atom. The summed E-state index contributed by atoms with van der Waals surface area (Å²) in [6.07, 6.45) is 0.980. The number of ether oxygens (including phenoxy) is 1. The number of nitrogens with one attached hydrogen (secondary N) is 1. The van der Waals surface area contributed by atoms with Gasteiger partial charge in [0.1, 0.15) is 24.1 Å². The van der Waals surface area contributed by atoms with Gasteiger partial charge in [0.25, 0.3) is 10.0 Å². The molecule has 0 saturated heterocycles. The molecule has 252 valence electrons. The van der Waals surface area contributed by atoms with Crippen LogP contribution in [-0.2, 0) is 32.6 Å². The van der Waals surface area contributed by atoms with Crippen LogP contribution in [0, 0.1) is 6.92 Å². The molecule has 8 nitrogen and oxygen atoms in total. The van der Waals surface area contributed by atoms with Crippen molar-refractivity contribution in [1.82, 2.24) is 10.2 Å². The number of anilines is 1. The molecule has 0 bridgehead atoms. The molecule has 0 heterocycles. The van der Waals surface area contributed by atoms with Gasteiger partial charge in [-0.3, -0.25) is 13.9 Å². The van der Waals surface area contributed by atoms with Crippen molar-refractivity contribution < 1.29 is 22.7 Å². The average Bonchev–Trinajstić information content (AvgIpc) is 3.13. The number of amides is 2. The summed E-state index contributed by atoms with van der Waals surface area (Å²) in [5.41, 5.74) is 3.04. The molecule has 0 saturated carbocycles. The summed E-state index contributed by atoms with van der Waals surface area (Å²) in [4.78, 5) is 30.0. The first-order valence-electron chi connectivity index (χ1n) is 16.3. The molecular weight excluding hydrogens is 635 g/mol. The van der Waals surface area contributed by atoms with Crippen molar-refractivity contribution >= 4 is 27.5 Å². The molecule has 49 heavy (non-hydrogen) atoms. The van der Waals surface area contributed by atoms with Crippen molar-refractivity contribution in [2.45, 2.75) is 44.2 Å². The van der Waals surface area contributed by atoms with E-state index >= 15 is 0 Å². The highest BCUT2D eigenvalue weighted by Crippen LogP contribution is 2.29. The molecule has 1 N–H and O–H groups in total. The molecule has 9 heteroatoms. The van der Waals surface area contributed by atoms with Crippen LogP contribution in [0.1, 0.15) is 30.0 Å². The van der Waals surface area contributed by atoms with Gasteiger partial charge in [-0.1, -0.05) is 103 Å². The zero-order valence-corrected chi connectivity index (χ0v) is 28.6. The lowest BCUT2D eigenvalue weighted by atomic mass is 10.0. The molecule has 5 rings (SSSR count). The van der Waals surface area contributed by atoms with Gasteiger partial charge in [0.2, 0.25) is 11.8 Å². The van der Waals surface area contributed by atoms with E-state index in [1.807, 2.05) is 98.8 Å². The average molecular weight is 676 g/mol. The zero-order valence-electron chi connectivity index (χ0n) is 27.7. The maximum Gasteiger partial charge on any atom is 0.264 e. The van der Waals surface area contributed by atoms with E-state index in [9.17, 15) is 18.0 Å². The lowest BCUT2D eigenvalue weighted by Crippen LogP contribution is -2.53. The lowest BCUT2D eigenvalue weighted by Gasteiger charge is -2.34. The van der Waals surface area contributed by atoms with E-state index in [1.54, 1.807) is 42.5 Å². The summed E-state index contributed by atoms with van der Waals surface area (Å²) in [6, 6.07) is 40.2. The second kappa shape index (κ2) is 16.6. The molecular formula is C40H41N3O5S. The van der Waals surface area contributed by atoms with E-state index < -0.39 is 28.5 Å². The van der Waals surface area contributed by atoms with Crippen LogP contribution < -0.4 is 14.4 Å². The largest absolute Gasteiger partial charge is 0.457 e. The Bertz CT molecular complexity index is 1900. The molecule has 0 aliphatic rings. The minimum Gasteiger partial charge on any atom is -0.457 e. The van der Waals surface area contributed by atoms with Gasteiger partial charge in [-0.2, -0.15) is 0 Å². The first-order chi connectivity index (χ1) is 23.7. The van der Waals surface area contributed by atoms with Crippen molar-refractivity contribution in [2.75, 3.05) is 17.4 Å². The summed E-state index contributed by atoms with van der Waals surface area (Å²) < 4.78 is 35.5. The number of nitrogens with zero attached hydrogens (tertiary/aromatic N) is 2. The van der Waals surface area contributed by atoms with Crippen LogP contribution in [-0.4, -0.2) is 44.3 Å². The standard InChI is InChI=1S/C40H41N3O5S/c1-3-27-41-40(45)38(28-32-13-7-4-8-14-32)42(29-33-21-19-31(2)20-22-33)39(44)30-43(49(46,47)37-17-11-6-12-18-37)34-23-25-36(26-24-34)48-35-15-9-5-10-16-35/h4-26,38H,3,27-30H2,1-2H3,(H,41,45). The summed E-state index contributed by atoms with van der Waals surface area (Å²) in [6.45, 7) is 3.96. The van der Waals surface area contributed by atoms with Gasteiger partial charge in [0.05, 0.1) is 10.6 Å². The van der Waals surface area contributed by atoms with E-state index in [0.29, 0.717) is 18.0 Å². The first-order valence-corrected chi connectivity index (χ1v) is 17.8. The van der Waals surface area contributed by atoms with Crippen LogP contribution in [0.15, 0.2) is 144 Å². The molecule has 0 fully saturated rings. The van der Waals surface area contributed by atoms with E-state index in [-0.39, 0.29) is 29.5 Å². The molecule has 0 aliphatic carbocycles. The Kier molecular flexibility index (Phi) is 11.8. The van der Waals surface area contributed by atoms with Crippen molar-refractivity contribution in [3.05, 3.63) is 156 Å². The van der Waals surface area contributed by atoms with Crippen molar-refractivity contribution in [1.29, 1.82) is 0 Å². The number of benzene rings is 5. The molecule has 1 unspecified atom stereocenters. The Balaban J connectivity index is 1.54. The highest BCUT2D eigenvalue weighted by molar-refractivity contribution is 7.92. The maximum atomic E-state index is 14.6. The number of hydrogen-bond donors (Lipinski definition) is 1. The number of aryl methyl sites for hydroxylation is 1. The normalized spacial score (nSPS) is 11.7. The predicted molar refractivity (Wildman–Crippen MR) is 193 cm³/mol. The monoisotopic (exact) mass is 675 g/mol. The SMILES string of the molecule is CCCNC(=O)C(Cc1ccccc1)N(Cc1ccc(C)cc1)C(=O)CN(c1ccc(Oc2ccccc2)cc1)S(=O)(=O)c1ccccc1. The van der Waals surface area contributed by atoms with Gasteiger partial charge in [0, 0.05) is 19.5 Å². The Morgan fingerprint density at radius 1 is 0.714 bits per heavy atom. The lowest BCUT2D eigenvalue weighted by molar-refractivity contribution is -0.140. The van der Waals surface area contributed by atoms with E-state index in [1.165, 1.54) is 17.0 Å². The second-order valence-corrected chi connectivity index (χ2v) is 13.6. The number of sulfonamides is 1. The third-order valence-electron chi connectivity index (χ3n) is 8.01. The number of rotatable bonds is 15. The molecule has 5 aromatic rings. The third-order valence-corrected chi connectivity index (χ3v) is 9.80. The number of carbonyl (C=O) groups is 2. The topological polar surface area (TPSA) is 96.0 Å². The fraction of sp³-hybridized carbons (Fsp3) is 0.200. The molecule has 1 atom stereocenters. The molecule has 0 radical (unpaired) electrons. The molecule has 0 aromatic heterocycles. The molecule has 0 aliphatic heterocycles. The Morgan fingerprint density at radius 3 is 1.90 bits per heavy atom. The third kappa shape index (κ3) is 9.36. The van der Waals surface area contributed by atoms with Gasteiger partial charge in [-0.25, -0.2) is 8.42 Å². The fourth-order valence-corrected chi connectivity index (χ4v) is 6.80. The van der Waals surface area contributed by atoms with Gasteiger partial charge in [-0.15, -0.1) is 0 Å². The second-order valence-electron chi connectivity index (χ2n) is 11.7. The van der Waals surface area contributed by atoms with Crippen LogP contribution in [0.3, 0.4) is 0 Å². The maximum absolute atomic E-state index is 14.6. The fourth-order valence-electron chi connectivity index (χ4n) is 5.36. The number of para-hydroxylation sites is 1. The first kappa shape index (κ1) is 34.9. The van der Waals surface area contributed by atoms with Gasteiger partial charge >= 0.3 is 0 Å². The molecule has 0 spiro atoms. The minimum absolute atomic E-state index is 0.0408. The van der Waals surface area contributed by atoms with Crippen LogP contribution in [0.25, 0.3) is 0 Å². The Labute approximate surface area is 289 Å². The van der Waals surface area contributed by atoms with Gasteiger partial charge in [0.15, 0.2) is 0 Å². The molecule has 2 amide bonds. The summed E-state index contributed by atoms with van der Waals surface area (Å²) in [5, 5.41) is 2.97. The number of carbonyl (C=O) groups excluding carboxylic acids is 2. The zero-order chi connectivity index (χ0) is 34.6. The highest BCUT2D eigenvalue weighted by Gasteiger charge is 2.34. The van der Waals surface area contributed by atoms with Crippen LogP contribution in [0.4, 0.5) is 5.69 Å². The summed E-state index contributed by atoms with van der Waals surface area (Å²) >= 11 is 0. The Hall–Kier alpha value is -5.41. The van der Waals surface area contributed by atoms with Crippen molar-refractivity contribution in [3.8, 4) is 11.5 Å². The van der Waals surface area contributed by atoms with E-state index in [4.69, 9.17) is 4.74 Å². The van der Waals surface area contributed by atoms with Crippen molar-refractivity contribution in [3.63, 3.8) is 0 Å². The van der Waals surface area contributed by atoms with Gasteiger partial charge < -0.3 is 15.0 Å². The quantitative estimate of drug-likeness (QED) is 0.127. The molecule has 5 aromatic carbocycles. The highest BCUT2D eigenvalue weighted by atomic mass is 32.2. The van der Waals surface area contributed by atoms with Gasteiger partial charge in [-0.05, 0) is 73.0 Å². The van der Waals surface area contributed by atoms with Crippen LogP contribution in [0.5, 0.6) is 11.5 Å². The van der Waals surface area contributed by atoms with E-state index in [2.05, 4.69) is 5.32 Å². The summed E-state index contributed by atoms with van der Waals surface area (Å²) in [7, 11) is -4.21. The summed E-state index contributed by atoms with van der Waals surface area (Å²) in [5.74, 6) is 0.329. The van der Waals surface area contributed by atoms with Crippen LogP contribution in [0.2, 0.25) is 0 Å². The van der Waals surface area contributed by atoms with E-state index in [0.717, 1.165) is 27.4 Å². The van der Waals surface area contributed by atoms with Crippen molar-refractivity contribution in [2.24, 2.45) is 0 Å². The van der Waals surface area contributed by atoms with Crippen LogP contribution >= 0.6 is 0 Å². The smallest absolute Gasteiger partial charge is 0.264 e.